The van der Waals surface area contributed by atoms with Gasteiger partial charge in [-0.05, 0) is 50.6 Å². The van der Waals surface area contributed by atoms with Gasteiger partial charge in [-0.2, -0.15) is 0 Å². The molecule has 0 aliphatic carbocycles. The predicted octanol–water partition coefficient (Wildman–Crippen LogP) is 6.14. The van der Waals surface area contributed by atoms with Crippen molar-refractivity contribution in [3.63, 3.8) is 0 Å². The van der Waals surface area contributed by atoms with Crippen molar-refractivity contribution in [1.29, 1.82) is 0 Å². The molecule has 1 amide bonds. The SMILES string of the molecule is COc1ccccc1NC(=O)C(C)Oc1c(-c2ccc(C)cc2)oc2cc(C)c(Cl)cc2c1=O. The average Bonchev–Trinajstić information content (AvgIpc) is 2.83. The molecule has 0 bridgehead atoms. The van der Waals surface area contributed by atoms with Crippen molar-refractivity contribution in [2.75, 3.05) is 12.4 Å². The van der Waals surface area contributed by atoms with Crippen LogP contribution < -0.4 is 20.2 Å². The lowest BCUT2D eigenvalue weighted by Gasteiger charge is -2.18. The van der Waals surface area contributed by atoms with E-state index in [0.29, 0.717) is 27.6 Å². The molecule has 0 saturated heterocycles. The van der Waals surface area contributed by atoms with Crippen LogP contribution in [0, 0.1) is 13.8 Å². The number of rotatable bonds is 6. The number of ether oxygens (including phenoxy) is 2. The smallest absolute Gasteiger partial charge is 0.265 e. The van der Waals surface area contributed by atoms with E-state index >= 15 is 0 Å². The molecule has 4 rings (SSSR count). The fourth-order valence-electron chi connectivity index (χ4n) is 3.51. The Hall–Kier alpha value is -3.77. The van der Waals surface area contributed by atoms with Gasteiger partial charge in [0.1, 0.15) is 11.3 Å². The third-order valence-electron chi connectivity index (χ3n) is 5.47. The lowest BCUT2D eigenvalue weighted by molar-refractivity contribution is -0.122. The molecule has 1 unspecified atom stereocenters. The van der Waals surface area contributed by atoms with Gasteiger partial charge in [-0.1, -0.05) is 53.6 Å². The minimum atomic E-state index is -1.00. The van der Waals surface area contributed by atoms with Gasteiger partial charge in [0.2, 0.25) is 11.2 Å². The Labute approximate surface area is 202 Å². The summed E-state index contributed by atoms with van der Waals surface area (Å²) in [6, 6.07) is 17.8. The molecule has 0 aliphatic rings. The van der Waals surface area contributed by atoms with Crippen LogP contribution in [0.25, 0.3) is 22.3 Å². The molecule has 1 aromatic heterocycles. The van der Waals surface area contributed by atoms with Crippen LogP contribution >= 0.6 is 11.6 Å². The third-order valence-corrected chi connectivity index (χ3v) is 5.88. The van der Waals surface area contributed by atoms with Crippen molar-refractivity contribution in [3.05, 3.63) is 87.0 Å². The molecule has 1 atom stereocenters. The lowest BCUT2D eigenvalue weighted by atomic mass is 10.1. The van der Waals surface area contributed by atoms with Gasteiger partial charge in [-0.3, -0.25) is 9.59 Å². The van der Waals surface area contributed by atoms with Gasteiger partial charge >= 0.3 is 0 Å². The summed E-state index contributed by atoms with van der Waals surface area (Å²) in [6.07, 6.45) is -1.00. The Morgan fingerprint density at radius 1 is 1.06 bits per heavy atom. The molecule has 0 spiro atoms. The summed E-state index contributed by atoms with van der Waals surface area (Å²) >= 11 is 6.26. The number of fused-ring (bicyclic) bond motifs is 1. The van der Waals surface area contributed by atoms with Gasteiger partial charge in [0, 0.05) is 10.6 Å². The number of aryl methyl sites for hydroxylation is 2. The molecular formula is C27H24ClNO5. The van der Waals surface area contributed by atoms with Gasteiger partial charge in [0.25, 0.3) is 5.91 Å². The second-order valence-electron chi connectivity index (χ2n) is 8.00. The number of benzene rings is 3. The molecule has 1 N–H and O–H groups in total. The van der Waals surface area contributed by atoms with E-state index in [1.807, 2.05) is 38.1 Å². The second-order valence-corrected chi connectivity index (χ2v) is 8.41. The fourth-order valence-corrected chi connectivity index (χ4v) is 3.68. The lowest BCUT2D eigenvalue weighted by Crippen LogP contribution is -2.32. The van der Waals surface area contributed by atoms with Crippen molar-refractivity contribution in [1.82, 2.24) is 0 Å². The Bertz CT molecular complexity index is 1430. The van der Waals surface area contributed by atoms with Crippen LogP contribution in [-0.2, 0) is 4.79 Å². The van der Waals surface area contributed by atoms with E-state index in [1.54, 1.807) is 43.3 Å². The van der Waals surface area contributed by atoms with Crippen LogP contribution in [0.5, 0.6) is 11.5 Å². The van der Waals surface area contributed by atoms with Crippen LogP contribution in [-0.4, -0.2) is 19.1 Å². The van der Waals surface area contributed by atoms with Gasteiger partial charge in [0.15, 0.2) is 11.9 Å². The van der Waals surface area contributed by atoms with Crippen molar-refractivity contribution < 1.29 is 18.7 Å². The maximum absolute atomic E-state index is 13.5. The maximum Gasteiger partial charge on any atom is 0.265 e. The summed E-state index contributed by atoms with van der Waals surface area (Å²) < 4.78 is 17.4. The normalized spacial score (nSPS) is 11.8. The Balaban J connectivity index is 1.76. The number of hydrogen-bond donors (Lipinski definition) is 1. The van der Waals surface area contributed by atoms with Crippen LogP contribution in [0.4, 0.5) is 5.69 Å². The minimum absolute atomic E-state index is 0.0565. The molecule has 6 nitrogen and oxygen atoms in total. The van der Waals surface area contributed by atoms with Gasteiger partial charge < -0.3 is 19.2 Å². The van der Waals surface area contributed by atoms with Crippen molar-refractivity contribution in [2.24, 2.45) is 0 Å². The molecular weight excluding hydrogens is 454 g/mol. The van der Waals surface area contributed by atoms with E-state index in [9.17, 15) is 9.59 Å². The van der Waals surface area contributed by atoms with E-state index in [-0.39, 0.29) is 16.9 Å². The monoisotopic (exact) mass is 477 g/mol. The molecule has 1 heterocycles. The summed E-state index contributed by atoms with van der Waals surface area (Å²) in [5.74, 6) is 0.259. The molecule has 0 aliphatic heterocycles. The Kier molecular flexibility index (Phi) is 6.61. The predicted molar refractivity (Wildman–Crippen MR) is 134 cm³/mol. The average molecular weight is 478 g/mol. The quantitative estimate of drug-likeness (QED) is 0.360. The number of para-hydroxylation sites is 2. The third kappa shape index (κ3) is 4.63. The summed E-state index contributed by atoms with van der Waals surface area (Å²) in [7, 11) is 1.52. The number of hydrogen-bond acceptors (Lipinski definition) is 5. The Morgan fingerprint density at radius 2 is 1.76 bits per heavy atom. The topological polar surface area (TPSA) is 77.8 Å². The number of anilines is 1. The van der Waals surface area contributed by atoms with Gasteiger partial charge in [0.05, 0.1) is 18.2 Å². The van der Waals surface area contributed by atoms with Crippen molar-refractivity contribution >= 4 is 34.2 Å². The zero-order valence-electron chi connectivity index (χ0n) is 19.3. The van der Waals surface area contributed by atoms with Crippen molar-refractivity contribution in [3.8, 4) is 22.8 Å². The van der Waals surface area contributed by atoms with Crippen LogP contribution in [0.2, 0.25) is 5.02 Å². The Morgan fingerprint density at radius 3 is 2.47 bits per heavy atom. The highest BCUT2D eigenvalue weighted by Crippen LogP contribution is 2.33. The van der Waals surface area contributed by atoms with E-state index in [1.165, 1.54) is 7.11 Å². The summed E-state index contributed by atoms with van der Waals surface area (Å²) in [6.45, 7) is 5.37. The van der Waals surface area contributed by atoms with Crippen molar-refractivity contribution in [2.45, 2.75) is 26.9 Å². The first-order valence-corrected chi connectivity index (χ1v) is 11.1. The first-order chi connectivity index (χ1) is 16.3. The highest BCUT2D eigenvalue weighted by molar-refractivity contribution is 6.32. The highest BCUT2D eigenvalue weighted by atomic mass is 35.5. The van der Waals surface area contributed by atoms with E-state index in [2.05, 4.69) is 5.32 Å². The molecule has 4 aromatic rings. The maximum atomic E-state index is 13.5. The molecule has 34 heavy (non-hydrogen) atoms. The number of carbonyl (C=O) groups is 1. The standard InChI is InChI=1S/C27H24ClNO5/c1-15-9-11-18(12-10-15)25-26(24(30)19-14-20(28)16(2)13-23(19)34-25)33-17(3)27(31)29-21-7-5-6-8-22(21)32-4/h5-14,17H,1-4H3,(H,29,31). The number of methoxy groups -OCH3 is 1. The second kappa shape index (κ2) is 9.61. The fraction of sp³-hybridized carbons (Fsp3) is 0.185. The first-order valence-electron chi connectivity index (χ1n) is 10.7. The summed E-state index contributed by atoms with van der Waals surface area (Å²) in [5, 5.41) is 3.50. The number of nitrogens with one attached hydrogen (secondary N) is 1. The first kappa shape index (κ1) is 23.4. The molecule has 0 radical (unpaired) electrons. The molecule has 174 valence electrons. The minimum Gasteiger partial charge on any atom is -0.495 e. The van der Waals surface area contributed by atoms with Crippen LogP contribution in [0.3, 0.4) is 0 Å². The molecule has 7 heteroatoms. The molecule has 0 fully saturated rings. The van der Waals surface area contributed by atoms with E-state index in [4.69, 9.17) is 25.5 Å². The molecule has 3 aromatic carbocycles. The zero-order valence-corrected chi connectivity index (χ0v) is 20.0. The summed E-state index contributed by atoms with van der Waals surface area (Å²) in [5.41, 5.74) is 2.98. The van der Waals surface area contributed by atoms with Crippen LogP contribution in [0.1, 0.15) is 18.1 Å². The number of halogens is 1. The summed E-state index contributed by atoms with van der Waals surface area (Å²) in [4.78, 5) is 26.4. The number of carbonyl (C=O) groups excluding carboxylic acids is 1. The molecule has 0 saturated carbocycles. The largest absolute Gasteiger partial charge is 0.495 e. The highest BCUT2D eigenvalue weighted by Gasteiger charge is 2.24. The van der Waals surface area contributed by atoms with Gasteiger partial charge in [-0.25, -0.2) is 0 Å². The van der Waals surface area contributed by atoms with Gasteiger partial charge in [-0.15, -0.1) is 0 Å². The van der Waals surface area contributed by atoms with Crippen LogP contribution in [0.15, 0.2) is 69.9 Å². The van der Waals surface area contributed by atoms with E-state index in [0.717, 1.165) is 11.1 Å². The van der Waals surface area contributed by atoms with E-state index < -0.39 is 17.4 Å². The zero-order chi connectivity index (χ0) is 24.4. The number of amides is 1.